The Hall–Kier alpha value is -2.10. The Morgan fingerprint density at radius 1 is 1.17 bits per heavy atom. The van der Waals surface area contributed by atoms with Crippen molar-refractivity contribution in [1.29, 1.82) is 0 Å². The molecule has 1 aromatic carbocycles. The van der Waals surface area contributed by atoms with Crippen LogP contribution in [0.1, 0.15) is 33.3 Å². The van der Waals surface area contributed by atoms with Crippen molar-refractivity contribution < 1.29 is 4.79 Å². The minimum absolute atomic E-state index is 0. The van der Waals surface area contributed by atoms with Crippen LogP contribution in [-0.4, -0.2) is 53.2 Å². The van der Waals surface area contributed by atoms with Crippen LogP contribution in [0.5, 0.6) is 0 Å². The monoisotopic (exact) mass is 512 g/mol. The SMILES string of the molecule is CCNC(=O)C(C)(C)CN=C(NCC)N(C)Cc1cnn(-c2ccccc2)c1.I. The Morgan fingerprint density at radius 3 is 2.45 bits per heavy atom. The van der Waals surface area contributed by atoms with E-state index in [-0.39, 0.29) is 29.9 Å². The van der Waals surface area contributed by atoms with Crippen LogP contribution in [0.2, 0.25) is 0 Å². The van der Waals surface area contributed by atoms with E-state index in [4.69, 9.17) is 4.99 Å². The molecule has 0 unspecified atom stereocenters. The standard InChI is InChI=1S/C21H32N6O.HI/c1-6-22-19(28)21(3,4)16-24-20(23-7-2)26(5)14-17-13-25-27(15-17)18-11-9-8-10-12-18;/h8-13,15H,6-7,14,16H2,1-5H3,(H,22,28)(H,23,24);1H. The highest BCUT2D eigenvalue weighted by Crippen LogP contribution is 2.16. The molecule has 2 aromatic rings. The summed E-state index contributed by atoms with van der Waals surface area (Å²) in [5, 5.41) is 10.6. The van der Waals surface area contributed by atoms with Crippen molar-refractivity contribution in [1.82, 2.24) is 25.3 Å². The zero-order valence-corrected chi connectivity index (χ0v) is 20.3. The van der Waals surface area contributed by atoms with Crippen LogP contribution in [0.3, 0.4) is 0 Å². The van der Waals surface area contributed by atoms with Gasteiger partial charge in [-0.2, -0.15) is 5.10 Å². The molecule has 1 aromatic heterocycles. The second-order valence-corrected chi connectivity index (χ2v) is 7.40. The third kappa shape index (κ3) is 7.34. The molecular formula is C21H33IN6O. The summed E-state index contributed by atoms with van der Waals surface area (Å²) < 4.78 is 1.87. The van der Waals surface area contributed by atoms with E-state index in [2.05, 4.69) is 15.7 Å². The number of amides is 1. The molecule has 0 fully saturated rings. The molecular weight excluding hydrogens is 479 g/mol. The van der Waals surface area contributed by atoms with Gasteiger partial charge in [-0.1, -0.05) is 18.2 Å². The van der Waals surface area contributed by atoms with Gasteiger partial charge in [0.2, 0.25) is 5.91 Å². The third-order valence-electron chi connectivity index (χ3n) is 4.35. The van der Waals surface area contributed by atoms with Gasteiger partial charge in [-0.25, -0.2) is 4.68 Å². The number of carbonyl (C=O) groups is 1. The Bertz CT molecular complexity index is 787. The van der Waals surface area contributed by atoms with Crippen molar-refractivity contribution in [3.05, 3.63) is 48.3 Å². The Morgan fingerprint density at radius 2 is 1.83 bits per heavy atom. The fourth-order valence-electron chi connectivity index (χ4n) is 2.73. The van der Waals surface area contributed by atoms with Crippen LogP contribution in [0, 0.1) is 5.41 Å². The molecule has 0 radical (unpaired) electrons. The van der Waals surface area contributed by atoms with Gasteiger partial charge in [-0.15, -0.1) is 24.0 Å². The summed E-state index contributed by atoms with van der Waals surface area (Å²) in [5.74, 6) is 0.786. The van der Waals surface area contributed by atoms with Gasteiger partial charge in [0, 0.05) is 38.4 Å². The highest BCUT2D eigenvalue weighted by atomic mass is 127. The van der Waals surface area contributed by atoms with Crippen molar-refractivity contribution in [2.75, 3.05) is 26.7 Å². The van der Waals surface area contributed by atoms with Crippen molar-refractivity contribution in [3.8, 4) is 5.69 Å². The average Bonchev–Trinajstić information content (AvgIpc) is 3.14. The van der Waals surface area contributed by atoms with E-state index in [0.29, 0.717) is 19.6 Å². The highest BCUT2D eigenvalue weighted by Gasteiger charge is 2.27. The predicted octanol–water partition coefficient (Wildman–Crippen LogP) is 3.05. The van der Waals surface area contributed by atoms with E-state index in [1.807, 2.05) is 87.0 Å². The van der Waals surface area contributed by atoms with Gasteiger partial charge in [0.25, 0.3) is 0 Å². The lowest BCUT2D eigenvalue weighted by Crippen LogP contribution is -2.42. The van der Waals surface area contributed by atoms with E-state index in [1.165, 1.54) is 0 Å². The fraction of sp³-hybridized carbons (Fsp3) is 0.476. The Balaban J connectivity index is 0.00000420. The molecule has 0 aliphatic carbocycles. The summed E-state index contributed by atoms with van der Waals surface area (Å²) in [6.07, 6.45) is 3.89. The number of halogens is 1. The number of hydrogen-bond donors (Lipinski definition) is 2. The predicted molar refractivity (Wildman–Crippen MR) is 129 cm³/mol. The number of aromatic nitrogens is 2. The van der Waals surface area contributed by atoms with Gasteiger partial charge in [0.15, 0.2) is 5.96 Å². The number of nitrogens with one attached hydrogen (secondary N) is 2. The van der Waals surface area contributed by atoms with Gasteiger partial charge in [0.1, 0.15) is 0 Å². The quantitative estimate of drug-likeness (QED) is 0.324. The molecule has 0 atom stereocenters. The largest absolute Gasteiger partial charge is 0.357 e. The molecule has 7 nitrogen and oxygen atoms in total. The van der Waals surface area contributed by atoms with Crippen LogP contribution in [-0.2, 0) is 11.3 Å². The molecule has 2 N–H and O–H groups in total. The maximum Gasteiger partial charge on any atom is 0.227 e. The van der Waals surface area contributed by atoms with Crippen LogP contribution >= 0.6 is 24.0 Å². The Labute approximate surface area is 191 Å². The normalized spacial score (nSPS) is 11.6. The van der Waals surface area contributed by atoms with Crippen molar-refractivity contribution in [2.45, 2.75) is 34.2 Å². The minimum Gasteiger partial charge on any atom is -0.357 e. The summed E-state index contributed by atoms with van der Waals surface area (Å²) in [5.41, 5.74) is 1.55. The number of guanidine groups is 1. The number of carbonyl (C=O) groups excluding carboxylic acids is 1. The Kier molecular flexibility index (Phi) is 10.1. The third-order valence-corrected chi connectivity index (χ3v) is 4.35. The fourth-order valence-corrected chi connectivity index (χ4v) is 2.73. The summed E-state index contributed by atoms with van der Waals surface area (Å²) in [6.45, 7) is 10.2. The molecule has 0 aliphatic heterocycles. The lowest BCUT2D eigenvalue weighted by atomic mass is 9.92. The summed E-state index contributed by atoms with van der Waals surface area (Å²) in [7, 11) is 1.99. The van der Waals surface area contributed by atoms with E-state index in [9.17, 15) is 4.79 Å². The summed E-state index contributed by atoms with van der Waals surface area (Å²) in [4.78, 5) is 18.9. The van der Waals surface area contributed by atoms with E-state index < -0.39 is 5.41 Å². The molecule has 1 amide bonds. The van der Waals surface area contributed by atoms with Crippen LogP contribution in [0.4, 0.5) is 0 Å². The lowest BCUT2D eigenvalue weighted by molar-refractivity contribution is -0.128. The maximum absolute atomic E-state index is 12.2. The van der Waals surface area contributed by atoms with Crippen LogP contribution in [0.15, 0.2) is 47.7 Å². The minimum atomic E-state index is -0.560. The van der Waals surface area contributed by atoms with E-state index in [1.54, 1.807) is 0 Å². The van der Waals surface area contributed by atoms with Crippen molar-refractivity contribution in [2.24, 2.45) is 10.4 Å². The number of rotatable bonds is 8. The van der Waals surface area contributed by atoms with Gasteiger partial charge in [-0.3, -0.25) is 9.79 Å². The van der Waals surface area contributed by atoms with E-state index >= 15 is 0 Å². The zero-order valence-electron chi connectivity index (χ0n) is 18.0. The molecule has 0 aliphatic rings. The summed E-state index contributed by atoms with van der Waals surface area (Å²) in [6, 6.07) is 10.0. The number of nitrogens with zero attached hydrogens (tertiary/aromatic N) is 4. The van der Waals surface area contributed by atoms with Crippen LogP contribution in [0.25, 0.3) is 5.69 Å². The van der Waals surface area contributed by atoms with Gasteiger partial charge in [0.05, 0.1) is 23.8 Å². The molecule has 1 heterocycles. The first-order valence-corrected chi connectivity index (χ1v) is 9.74. The number of hydrogen-bond acceptors (Lipinski definition) is 3. The van der Waals surface area contributed by atoms with Gasteiger partial charge < -0.3 is 15.5 Å². The van der Waals surface area contributed by atoms with Gasteiger partial charge in [-0.05, 0) is 39.8 Å². The molecule has 0 bridgehead atoms. The van der Waals surface area contributed by atoms with Gasteiger partial charge >= 0.3 is 0 Å². The van der Waals surface area contributed by atoms with Crippen molar-refractivity contribution in [3.63, 3.8) is 0 Å². The number of para-hydroxylation sites is 1. The molecule has 0 saturated carbocycles. The molecule has 0 spiro atoms. The molecule has 29 heavy (non-hydrogen) atoms. The molecule has 0 saturated heterocycles. The molecule has 2 rings (SSSR count). The first kappa shape index (κ1) is 24.9. The highest BCUT2D eigenvalue weighted by molar-refractivity contribution is 14.0. The second kappa shape index (κ2) is 11.8. The first-order valence-electron chi connectivity index (χ1n) is 9.74. The maximum atomic E-state index is 12.2. The topological polar surface area (TPSA) is 74.6 Å². The number of benzene rings is 1. The molecule has 8 heteroatoms. The average molecular weight is 512 g/mol. The van der Waals surface area contributed by atoms with Crippen LogP contribution < -0.4 is 10.6 Å². The first-order chi connectivity index (χ1) is 13.4. The summed E-state index contributed by atoms with van der Waals surface area (Å²) >= 11 is 0. The lowest BCUT2D eigenvalue weighted by Gasteiger charge is -2.25. The smallest absolute Gasteiger partial charge is 0.227 e. The molecule has 160 valence electrons. The second-order valence-electron chi connectivity index (χ2n) is 7.40. The number of aliphatic imine (C=N–C) groups is 1. The van der Waals surface area contributed by atoms with E-state index in [0.717, 1.165) is 23.8 Å². The zero-order chi connectivity index (χ0) is 20.6. The van der Waals surface area contributed by atoms with Crippen molar-refractivity contribution >= 4 is 35.8 Å².